The molecule has 1 aliphatic heterocycles. The second kappa shape index (κ2) is 8.62. The van der Waals surface area contributed by atoms with Crippen LogP contribution in [0.1, 0.15) is 12.0 Å². The van der Waals surface area contributed by atoms with Crippen molar-refractivity contribution in [1.82, 2.24) is 0 Å². The van der Waals surface area contributed by atoms with E-state index < -0.39 is 21.8 Å². The van der Waals surface area contributed by atoms with Crippen LogP contribution in [0.25, 0.3) is 0 Å². The summed E-state index contributed by atoms with van der Waals surface area (Å²) in [5, 5.41) is 5.04. The molecule has 2 N–H and O–H groups in total. The Bertz CT molecular complexity index is 1080. The maximum atomic E-state index is 12.4. The number of carbonyl (C=O) groups excluding carboxylic acids is 2. The first-order valence-corrected chi connectivity index (χ1v) is 10.8. The minimum atomic E-state index is -3.35. The van der Waals surface area contributed by atoms with Crippen LogP contribution >= 0.6 is 0 Å². The van der Waals surface area contributed by atoms with Gasteiger partial charge in [0.05, 0.1) is 31.3 Å². The number of methoxy groups -OCH3 is 2. The number of benzene rings is 2. The summed E-state index contributed by atoms with van der Waals surface area (Å²) >= 11 is 0. The van der Waals surface area contributed by atoms with Crippen LogP contribution in [0.3, 0.4) is 0 Å². The lowest BCUT2D eigenvalue weighted by Crippen LogP contribution is -2.30. The molecule has 3 rings (SSSR count). The van der Waals surface area contributed by atoms with Crippen LogP contribution in [0, 0.1) is 6.92 Å². The molecule has 0 spiro atoms. The van der Waals surface area contributed by atoms with Gasteiger partial charge in [-0.15, -0.1) is 0 Å². The summed E-state index contributed by atoms with van der Waals surface area (Å²) in [7, 11) is -0.411. The molecule has 0 radical (unpaired) electrons. The zero-order valence-electron chi connectivity index (χ0n) is 16.9. The highest BCUT2D eigenvalue weighted by Gasteiger charge is 2.29. The van der Waals surface area contributed by atoms with Gasteiger partial charge in [0.25, 0.3) is 0 Å². The van der Waals surface area contributed by atoms with Gasteiger partial charge in [0.15, 0.2) is 0 Å². The number of nitrogens with zero attached hydrogens (tertiary/aromatic N) is 1. The zero-order valence-corrected chi connectivity index (χ0v) is 17.7. The van der Waals surface area contributed by atoms with Gasteiger partial charge >= 0.3 is 11.8 Å². The van der Waals surface area contributed by atoms with Crippen molar-refractivity contribution in [2.45, 2.75) is 13.3 Å². The van der Waals surface area contributed by atoms with E-state index in [1.165, 1.54) is 18.5 Å². The summed E-state index contributed by atoms with van der Waals surface area (Å²) in [6, 6.07) is 9.70. The first-order valence-electron chi connectivity index (χ1n) is 9.20. The number of aryl methyl sites for hydroxylation is 1. The van der Waals surface area contributed by atoms with E-state index in [4.69, 9.17) is 9.47 Å². The SMILES string of the molecule is COc1ccc(NC(=O)C(=O)Nc2cc(N3CCCS3(=O)=O)ccc2C)c(OC)c1. The lowest BCUT2D eigenvalue weighted by Gasteiger charge is -2.19. The maximum absolute atomic E-state index is 12.4. The normalized spacial score (nSPS) is 14.8. The molecule has 0 atom stereocenters. The van der Waals surface area contributed by atoms with Crippen LogP contribution in [-0.4, -0.2) is 46.7 Å². The second-order valence-electron chi connectivity index (χ2n) is 6.72. The average Bonchev–Trinajstić information content (AvgIpc) is 3.08. The Kier molecular flexibility index (Phi) is 6.16. The molecule has 1 heterocycles. The van der Waals surface area contributed by atoms with E-state index in [1.54, 1.807) is 43.3 Å². The van der Waals surface area contributed by atoms with Crippen molar-refractivity contribution >= 4 is 38.9 Å². The predicted octanol–water partition coefficient (Wildman–Crippen LogP) is 2.13. The van der Waals surface area contributed by atoms with E-state index in [0.717, 1.165) is 0 Å². The van der Waals surface area contributed by atoms with Crippen molar-refractivity contribution in [3.05, 3.63) is 42.0 Å². The highest BCUT2D eigenvalue weighted by Crippen LogP contribution is 2.30. The molecule has 0 aliphatic carbocycles. The van der Waals surface area contributed by atoms with E-state index in [-0.39, 0.29) is 5.75 Å². The zero-order chi connectivity index (χ0) is 21.9. The number of carbonyl (C=O) groups is 2. The summed E-state index contributed by atoms with van der Waals surface area (Å²) in [5.74, 6) is -0.810. The molecule has 10 heteroatoms. The molecule has 160 valence electrons. The van der Waals surface area contributed by atoms with Crippen LogP contribution in [0.5, 0.6) is 11.5 Å². The third kappa shape index (κ3) is 4.48. The molecule has 9 nitrogen and oxygen atoms in total. The van der Waals surface area contributed by atoms with Gasteiger partial charge in [0.1, 0.15) is 11.5 Å². The van der Waals surface area contributed by atoms with Gasteiger partial charge in [0.2, 0.25) is 10.0 Å². The van der Waals surface area contributed by atoms with Gasteiger partial charge in [0, 0.05) is 18.3 Å². The predicted molar refractivity (Wildman–Crippen MR) is 114 cm³/mol. The summed E-state index contributed by atoms with van der Waals surface area (Å²) in [6.07, 6.45) is 0.546. The van der Waals surface area contributed by atoms with Crippen LogP contribution in [0.4, 0.5) is 17.1 Å². The van der Waals surface area contributed by atoms with Crippen molar-refractivity contribution in [2.75, 3.05) is 41.5 Å². The standard InChI is InChI=1S/C20H23N3O6S/c1-13-5-6-14(23-9-4-10-30(23,26)27)11-17(13)22-20(25)19(24)21-16-8-7-15(28-2)12-18(16)29-3/h5-8,11-12H,4,9-10H2,1-3H3,(H,21,24)(H,22,25). The van der Waals surface area contributed by atoms with E-state index in [9.17, 15) is 18.0 Å². The Hall–Kier alpha value is -3.27. The quantitative estimate of drug-likeness (QED) is 0.699. The molecule has 0 aromatic heterocycles. The summed E-state index contributed by atoms with van der Waals surface area (Å²) in [6.45, 7) is 2.14. The maximum Gasteiger partial charge on any atom is 0.314 e. The minimum absolute atomic E-state index is 0.0919. The number of amides is 2. The number of hydrogen-bond donors (Lipinski definition) is 2. The fraction of sp³-hybridized carbons (Fsp3) is 0.300. The third-order valence-corrected chi connectivity index (χ3v) is 6.59. The molecular formula is C20H23N3O6S. The number of hydrogen-bond acceptors (Lipinski definition) is 6. The molecule has 30 heavy (non-hydrogen) atoms. The van der Waals surface area contributed by atoms with Gasteiger partial charge in [-0.05, 0) is 43.2 Å². The van der Waals surface area contributed by atoms with Crippen LogP contribution in [0.15, 0.2) is 36.4 Å². The van der Waals surface area contributed by atoms with Crippen LogP contribution in [0.2, 0.25) is 0 Å². The van der Waals surface area contributed by atoms with Gasteiger partial charge in [-0.1, -0.05) is 6.07 Å². The molecule has 2 aromatic carbocycles. The largest absolute Gasteiger partial charge is 0.497 e. The highest BCUT2D eigenvalue weighted by molar-refractivity contribution is 7.93. The van der Waals surface area contributed by atoms with Gasteiger partial charge in [-0.3, -0.25) is 13.9 Å². The molecule has 0 saturated carbocycles. The van der Waals surface area contributed by atoms with Gasteiger partial charge in [-0.25, -0.2) is 8.42 Å². The Balaban J connectivity index is 1.76. The van der Waals surface area contributed by atoms with Crippen molar-refractivity contribution in [2.24, 2.45) is 0 Å². The fourth-order valence-electron chi connectivity index (χ4n) is 3.09. The Morgan fingerprint density at radius 1 is 0.967 bits per heavy atom. The minimum Gasteiger partial charge on any atom is -0.497 e. The highest BCUT2D eigenvalue weighted by atomic mass is 32.2. The van der Waals surface area contributed by atoms with E-state index >= 15 is 0 Å². The first-order chi connectivity index (χ1) is 14.2. The molecule has 1 fully saturated rings. The van der Waals surface area contributed by atoms with Crippen LogP contribution < -0.4 is 24.4 Å². The lowest BCUT2D eigenvalue weighted by molar-refractivity contribution is -0.133. The fourth-order valence-corrected chi connectivity index (χ4v) is 4.65. The van der Waals surface area contributed by atoms with E-state index in [1.807, 2.05) is 0 Å². The molecule has 1 aliphatic rings. The molecule has 2 aromatic rings. The summed E-state index contributed by atoms with van der Waals surface area (Å²) < 4.78 is 35.9. The topological polar surface area (TPSA) is 114 Å². The van der Waals surface area contributed by atoms with Crippen LogP contribution in [-0.2, 0) is 19.6 Å². The number of nitrogens with one attached hydrogen (secondary N) is 2. The third-order valence-electron chi connectivity index (χ3n) is 4.72. The smallest absolute Gasteiger partial charge is 0.314 e. The number of ether oxygens (including phenoxy) is 2. The molecule has 1 saturated heterocycles. The van der Waals surface area contributed by atoms with Crippen molar-refractivity contribution in [3.63, 3.8) is 0 Å². The van der Waals surface area contributed by atoms with Crippen molar-refractivity contribution in [1.29, 1.82) is 0 Å². The Labute approximate surface area is 175 Å². The first kappa shape index (κ1) is 21.4. The Morgan fingerprint density at radius 2 is 1.67 bits per heavy atom. The monoisotopic (exact) mass is 433 g/mol. The van der Waals surface area contributed by atoms with Crippen molar-refractivity contribution < 1.29 is 27.5 Å². The molecular weight excluding hydrogens is 410 g/mol. The number of sulfonamides is 1. The lowest BCUT2D eigenvalue weighted by atomic mass is 10.1. The van der Waals surface area contributed by atoms with Gasteiger partial charge in [-0.2, -0.15) is 0 Å². The van der Waals surface area contributed by atoms with E-state index in [0.29, 0.717) is 47.1 Å². The number of anilines is 3. The summed E-state index contributed by atoms with van der Waals surface area (Å²) in [4.78, 5) is 24.8. The van der Waals surface area contributed by atoms with E-state index in [2.05, 4.69) is 10.6 Å². The molecule has 0 bridgehead atoms. The average molecular weight is 433 g/mol. The van der Waals surface area contributed by atoms with Crippen molar-refractivity contribution in [3.8, 4) is 11.5 Å². The second-order valence-corrected chi connectivity index (χ2v) is 8.73. The molecule has 2 amide bonds. The number of rotatable bonds is 5. The summed E-state index contributed by atoms with van der Waals surface area (Å²) in [5.41, 5.74) is 1.81. The van der Waals surface area contributed by atoms with Gasteiger partial charge < -0.3 is 20.1 Å². The molecule has 0 unspecified atom stereocenters. The Morgan fingerprint density at radius 3 is 2.27 bits per heavy atom.